The number of carboxylic acid groups (broad SMARTS) is 1. The Morgan fingerprint density at radius 1 is 0.322 bits per heavy atom. The van der Waals surface area contributed by atoms with Gasteiger partial charge in [0, 0.05) is 59.3 Å². The van der Waals surface area contributed by atoms with E-state index in [-0.39, 0.29) is 17.9 Å². The zero-order valence-corrected chi connectivity index (χ0v) is 89.9. The fourth-order valence-corrected chi connectivity index (χ4v) is 15.3. The number of allylic oxidation sites excluding steroid dienone is 1. The number of carboxylic acids is 1. The van der Waals surface area contributed by atoms with Crippen LogP contribution >= 0.6 is 0 Å². The summed E-state index contributed by atoms with van der Waals surface area (Å²) in [5.74, 6) is -1.53. The van der Waals surface area contributed by atoms with Crippen LogP contribution in [0, 0.1) is 0 Å². The number of nitrogens with zero attached hydrogens (tertiary/aromatic N) is 1. The number of hydrogen-bond acceptors (Lipinski definition) is 41. The fraction of sp³-hybridized carbons (Fsp3) is 0.821. The first-order valence-corrected chi connectivity index (χ1v) is 53.6. The summed E-state index contributed by atoms with van der Waals surface area (Å²) in [6.45, 7) is 43.7. The minimum atomic E-state index is -1.06. The van der Waals surface area contributed by atoms with Crippen LogP contribution in [0.25, 0.3) is 11.1 Å². The molecule has 1 amide bonds. The Labute approximate surface area is 883 Å². The van der Waals surface area contributed by atoms with E-state index in [1.165, 1.54) is 27.8 Å². The molecule has 0 aromatic heterocycles. The highest BCUT2D eigenvalue weighted by Crippen LogP contribution is 2.58. The third kappa shape index (κ3) is 66.8. The number of anilines is 1. The largest absolute Gasteiger partial charge is 0.481 e. The molecule has 2 N–H and O–H groups in total. The number of benzene rings is 2. The van der Waals surface area contributed by atoms with Crippen molar-refractivity contribution in [1.29, 1.82) is 0 Å². The maximum atomic E-state index is 12.7. The van der Waals surface area contributed by atoms with Crippen molar-refractivity contribution in [3.8, 4) is 11.1 Å². The number of unbranched alkanes of at least 4 members (excludes halogenated alkanes) is 2. The van der Waals surface area contributed by atoms with E-state index in [1.807, 2.05) is 0 Å². The van der Waals surface area contributed by atoms with Crippen molar-refractivity contribution in [3.05, 3.63) is 76.0 Å². The van der Waals surface area contributed by atoms with Crippen LogP contribution in [0.3, 0.4) is 0 Å². The third-order valence-corrected chi connectivity index (χ3v) is 22.8. The molecule has 4 aliphatic rings. The van der Waals surface area contributed by atoms with E-state index >= 15 is 0 Å². The van der Waals surface area contributed by atoms with Gasteiger partial charge in [0.25, 0.3) is 0 Å². The van der Waals surface area contributed by atoms with Crippen LogP contribution in [-0.4, -0.2) is 518 Å². The molecule has 0 saturated carbocycles. The molecule has 43 nitrogen and oxygen atoms in total. The normalized spacial score (nSPS) is 15.1. The lowest BCUT2D eigenvalue weighted by Gasteiger charge is -2.39. The average molecular weight is 2140 g/mol. The van der Waals surface area contributed by atoms with Gasteiger partial charge in [-0.15, -0.1) is 0 Å². The molecule has 2 atom stereocenters. The van der Waals surface area contributed by atoms with Crippen LogP contribution in [0.2, 0.25) is 0 Å². The minimum absolute atomic E-state index is 0.0812. The molecule has 149 heavy (non-hydrogen) atoms. The number of rotatable bonds is 116. The Morgan fingerprint density at radius 3 is 0.826 bits per heavy atom. The second kappa shape index (κ2) is 95.0. The van der Waals surface area contributed by atoms with Gasteiger partial charge < -0.3 is 191 Å². The topological polar surface area (TPSA) is 428 Å². The van der Waals surface area contributed by atoms with Crippen molar-refractivity contribution in [1.82, 2.24) is 5.32 Å². The van der Waals surface area contributed by atoms with Gasteiger partial charge in [-0.1, -0.05) is 57.9 Å². The number of carbonyl (C=O) groups excluding carboxylic acids is 2. The summed E-state index contributed by atoms with van der Waals surface area (Å²) in [5.41, 5.74) is 8.41. The standard InChI is InChI=1S/C106H182N2O41/c1-5-6-7-12-101(109)107-14-16-113-17-18-114-19-20-115-21-22-116-23-24-117-25-26-118-27-28-119-29-30-120-31-32-121-33-34-122-35-36-123-37-38-124-39-40-125-41-42-126-43-44-127-45-46-128-47-48-129-49-50-130-51-52-131-53-54-132-55-56-133-57-58-134-59-60-135-61-62-136-63-64-137-65-66-138-67-68-139-69-70-140-71-72-141-73-74-142-75-76-143-77-78-144-79-80-145-81-82-146-83-84-147-85-86-148-91-106(4)96-11-9-8-10-93(96)94-89-98-99(90-97(94)106)108-15-13-100-95(103(108)105(98,2)3)87-92(88-102(110)111)104(112)149-100/h8-11,87,89-90,100H,5-7,12-86,88,91H2,1-4H3,(H,107,109)(H,110,111). The van der Waals surface area contributed by atoms with Gasteiger partial charge in [0.2, 0.25) is 5.91 Å². The van der Waals surface area contributed by atoms with E-state index in [9.17, 15) is 19.5 Å². The summed E-state index contributed by atoms with van der Waals surface area (Å²) >= 11 is 0. The second-order valence-corrected chi connectivity index (χ2v) is 34.6. The first-order chi connectivity index (χ1) is 73.6. The Balaban J connectivity index is 0.518. The van der Waals surface area contributed by atoms with Crippen molar-refractivity contribution < 1.29 is 195 Å². The molecule has 0 fully saturated rings. The number of aliphatic carboxylic acids is 1. The SMILES string of the molecule is CCCCCC(=O)NCCOCCOCCOCCOCCOCCOCCOCCOCCOCCOCCOCCOCCOCCOCCOCCOCCOCCOCCOCCOCCOCCOCCOCCOCCOCCOCCOCCOCCOCCOCCOCCOCCOCCOCCOCCOCC1(C)c2ccccc2-c2cc3c(cc21)N1CCC2OC(=O)C(CC(=O)O)=CC2=C1C3(C)C. The van der Waals surface area contributed by atoms with Gasteiger partial charge in [0.05, 0.1) is 482 Å². The molecule has 3 heterocycles. The molecule has 0 bridgehead atoms. The third-order valence-electron chi connectivity index (χ3n) is 22.8. The highest BCUT2D eigenvalue weighted by molar-refractivity contribution is 5.96. The van der Waals surface area contributed by atoms with Gasteiger partial charge in [-0.05, 0) is 59.4 Å². The van der Waals surface area contributed by atoms with Gasteiger partial charge in [-0.2, -0.15) is 0 Å². The maximum absolute atomic E-state index is 12.7. The van der Waals surface area contributed by atoms with Crippen molar-refractivity contribution in [2.75, 3.05) is 494 Å². The molecule has 2 aromatic rings. The molecule has 0 radical (unpaired) electrons. The number of hydrogen-bond donors (Lipinski definition) is 2. The summed E-state index contributed by atoms with van der Waals surface area (Å²) in [4.78, 5) is 38.4. The lowest BCUT2D eigenvalue weighted by atomic mass is 9.77. The predicted octanol–water partition coefficient (Wildman–Crippen LogP) is 6.35. The van der Waals surface area contributed by atoms with Crippen LogP contribution in [0.1, 0.15) is 82.9 Å². The average Bonchev–Trinajstić information content (AvgIpc) is 1.53. The molecule has 862 valence electrons. The first kappa shape index (κ1) is 132. The van der Waals surface area contributed by atoms with Crippen LogP contribution < -0.4 is 10.2 Å². The summed E-state index contributed by atoms with van der Waals surface area (Å²) < 4.78 is 207. The van der Waals surface area contributed by atoms with E-state index in [0.29, 0.717) is 502 Å². The molecule has 2 aromatic carbocycles. The monoisotopic (exact) mass is 2140 g/mol. The molecule has 1 aliphatic carbocycles. The van der Waals surface area contributed by atoms with E-state index in [1.54, 1.807) is 6.08 Å². The van der Waals surface area contributed by atoms with E-state index < -0.39 is 28.9 Å². The van der Waals surface area contributed by atoms with E-state index in [4.69, 9.17) is 175 Å². The Hall–Kier alpha value is -5.31. The minimum Gasteiger partial charge on any atom is -0.481 e. The van der Waals surface area contributed by atoms with Gasteiger partial charge in [-0.3, -0.25) is 9.59 Å². The van der Waals surface area contributed by atoms with Crippen LogP contribution in [-0.2, 0) is 200 Å². The van der Waals surface area contributed by atoms with Gasteiger partial charge in [-0.25, -0.2) is 4.79 Å². The maximum Gasteiger partial charge on any atom is 0.335 e. The Bertz CT molecular complexity index is 3510. The zero-order valence-electron chi connectivity index (χ0n) is 89.9. The van der Waals surface area contributed by atoms with Crippen LogP contribution in [0.5, 0.6) is 0 Å². The van der Waals surface area contributed by atoms with Gasteiger partial charge in [0.1, 0.15) is 6.10 Å². The van der Waals surface area contributed by atoms with Crippen molar-refractivity contribution in [3.63, 3.8) is 0 Å². The number of carbonyl (C=O) groups is 3. The van der Waals surface area contributed by atoms with Gasteiger partial charge >= 0.3 is 11.9 Å². The highest BCUT2D eigenvalue weighted by Gasteiger charge is 2.50. The molecular formula is C106H182N2O41. The van der Waals surface area contributed by atoms with Crippen LogP contribution in [0.15, 0.2) is 59.3 Å². The zero-order chi connectivity index (χ0) is 105. The number of nitrogens with one attached hydrogen (secondary N) is 1. The summed E-state index contributed by atoms with van der Waals surface area (Å²) in [5, 5.41) is 12.4. The molecule has 0 spiro atoms. The first-order valence-electron chi connectivity index (χ1n) is 53.6. The molecular weight excluding hydrogens is 1960 g/mol. The summed E-state index contributed by atoms with van der Waals surface area (Å²) in [6.07, 6.45) is 5.29. The second-order valence-electron chi connectivity index (χ2n) is 34.6. The number of ether oxygens (including phenoxy) is 37. The van der Waals surface area contributed by atoms with Gasteiger partial charge in [0.15, 0.2) is 0 Å². The molecule has 6 rings (SSSR count). The lowest BCUT2D eigenvalue weighted by Crippen LogP contribution is -2.41. The number of esters is 1. The Morgan fingerprint density at radius 2 is 0.570 bits per heavy atom. The van der Waals surface area contributed by atoms with Crippen molar-refractivity contribution >= 4 is 23.5 Å². The highest BCUT2D eigenvalue weighted by atomic mass is 16.6. The predicted molar refractivity (Wildman–Crippen MR) is 547 cm³/mol. The molecule has 43 heteroatoms. The van der Waals surface area contributed by atoms with Crippen LogP contribution in [0.4, 0.5) is 5.69 Å². The quantitative estimate of drug-likeness (QED) is 0.0538. The fourth-order valence-electron chi connectivity index (χ4n) is 15.3. The number of amides is 1. The van der Waals surface area contributed by atoms with E-state index in [2.05, 4.69) is 74.3 Å². The smallest absolute Gasteiger partial charge is 0.335 e. The molecule has 0 saturated heterocycles. The summed E-state index contributed by atoms with van der Waals surface area (Å²) in [6, 6.07) is 13.2. The molecule has 3 aliphatic heterocycles. The van der Waals surface area contributed by atoms with E-state index in [0.717, 1.165) is 36.2 Å². The van der Waals surface area contributed by atoms with Crippen molar-refractivity contribution in [2.24, 2.45) is 0 Å². The Kier molecular flexibility index (Phi) is 84.3. The van der Waals surface area contributed by atoms with Crippen molar-refractivity contribution in [2.45, 2.75) is 83.2 Å². The number of fused-ring (bicyclic) bond motifs is 7. The molecule has 2 unspecified atom stereocenters. The summed E-state index contributed by atoms with van der Waals surface area (Å²) in [7, 11) is 0. The lowest BCUT2D eigenvalue weighted by molar-refractivity contribution is -0.146.